The largest absolute Gasteiger partial charge is 0.573 e. The number of ether oxygens (including phenoxy) is 1. The third-order valence-electron chi connectivity index (χ3n) is 2.90. The first kappa shape index (κ1) is 17.6. The molecule has 2 rings (SSSR count). The Bertz CT molecular complexity index is 777. The molecule has 0 fully saturated rings. The third kappa shape index (κ3) is 4.38. The van der Waals surface area contributed by atoms with Crippen LogP contribution < -0.4 is 4.74 Å². The number of pyridine rings is 1. The first-order valence-corrected chi connectivity index (χ1v) is 6.39. The van der Waals surface area contributed by atoms with Gasteiger partial charge in [-0.05, 0) is 23.8 Å². The predicted molar refractivity (Wildman–Crippen MR) is 70.7 cm³/mol. The maximum atomic E-state index is 12.7. The van der Waals surface area contributed by atoms with Gasteiger partial charge in [-0.15, -0.1) is 13.2 Å². The molecule has 0 bridgehead atoms. The topological polar surface area (TPSA) is 45.9 Å². The molecule has 0 aliphatic carbocycles. The Labute approximate surface area is 132 Å². The molecule has 0 spiro atoms. The summed E-state index contributed by atoms with van der Waals surface area (Å²) < 4.78 is 78.7. The summed E-state index contributed by atoms with van der Waals surface area (Å²) in [6.07, 6.45) is -9.36. The van der Waals surface area contributed by atoms with E-state index in [4.69, 9.17) is 5.26 Å². The summed E-state index contributed by atoms with van der Waals surface area (Å²) in [4.78, 5) is 3.66. The lowest BCUT2D eigenvalue weighted by molar-refractivity contribution is -0.274. The molecule has 1 aromatic heterocycles. The van der Waals surface area contributed by atoms with Crippen LogP contribution in [0.25, 0.3) is 11.3 Å². The average Bonchev–Trinajstić information content (AvgIpc) is 2.45. The van der Waals surface area contributed by atoms with Crippen molar-refractivity contribution in [2.24, 2.45) is 0 Å². The fraction of sp³-hybridized carbons (Fsp3) is 0.200. The lowest BCUT2D eigenvalue weighted by atomic mass is 10.0. The summed E-state index contributed by atoms with van der Waals surface area (Å²) in [6, 6.07) is 7.10. The van der Waals surface area contributed by atoms with Crippen LogP contribution in [0.2, 0.25) is 0 Å². The second kappa shape index (κ2) is 6.39. The second-order valence-corrected chi connectivity index (χ2v) is 4.64. The molecule has 24 heavy (non-hydrogen) atoms. The fourth-order valence-corrected chi connectivity index (χ4v) is 1.99. The summed E-state index contributed by atoms with van der Waals surface area (Å²) in [5.74, 6) is -0.537. The number of rotatable bonds is 3. The molecule has 0 unspecified atom stereocenters. The van der Waals surface area contributed by atoms with E-state index in [2.05, 4.69) is 9.72 Å². The maximum absolute atomic E-state index is 12.7. The maximum Gasteiger partial charge on any atom is 0.573 e. The summed E-state index contributed by atoms with van der Waals surface area (Å²) in [5.41, 5.74) is -0.997. The van der Waals surface area contributed by atoms with Gasteiger partial charge in [-0.3, -0.25) is 4.98 Å². The van der Waals surface area contributed by atoms with Gasteiger partial charge in [0.25, 0.3) is 0 Å². The van der Waals surface area contributed by atoms with E-state index in [0.29, 0.717) is 6.20 Å². The van der Waals surface area contributed by atoms with Crippen LogP contribution in [-0.4, -0.2) is 11.3 Å². The molecule has 2 aromatic rings. The summed E-state index contributed by atoms with van der Waals surface area (Å²) in [7, 11) is 0. The van der Waals surface area contributed by atoms with Gasteiger partial charge in [0.05, 0.1) is 23.7 Å². The van der Waals surface area contributed by atoms with Crippen LogP contribution in [0.4, 0.5) is 26.3 Å². The van der Waals surface area contributed by atoms with Crippen molar-refractivity contribution in [2.45, 2.75) is 19.0 Å². The van der Waals surface area contributed by atoms with Gasteiger partial charge in [-0.2, -0.15) is 18.4 Å². The number of nitriles is 1. The summed E-state index contributed by atoms with van der Waals surface area (Å²) >= 11 is 0. The number of halogens is 6. The van der Waals surface area contributed by atoms with Crippen molar-refractivity contribution in [3.05, 3.63) is 47.7 Å². The van der Waals surface area contributed by atoms with E-state index in [-0.39, 0.29) is 23.2 Å². The van der Waals surface area contributed by atoms with E-state index in [9.17, 15) is 26.3 Å². The zero-order chi connectivity index (χ0) is 18.0. The molecule has 0 amide bonds. The second-order valence-electron chi connectivity index (χ2n) is 4.64. The quantitative estimate of drug-likeness (QED) is 0.755. The minimum atomic E-state index is -4.90. The third-order valence-corrected chi connectivity index (χ3v) is 2.90. The number of alkyl halides is 6. The van der Waals surface area contributed by atoms with Gasteiger partial charge < -0.3 is 4.74 Å². The Balaban J connectivity index is 2.48. The Morgan fingerprint density at radius 2 is 1.79 bits per heavy atom. The van der Waals surface area contributed by atoms with E-state index >= 15 is 0 Å². The molecular formula is C15H8F6N2O. The number of aromatic nitrogens is 1. The standard InChI is InChI=1S/C15H8F6N2O/c16-14(17,18)11-6-10(4-5-22)13(23-8-11)9-2-1-3-12(7-9)24-15(19,20)21/h1-3,6-8H,4H2. The van der Waals surface area contributed by atoms with Gasteiger partial charge in [-0.1, -0.05) is 12.1 Å². The molecule has 9 heteroatoms. The van der Waals surface area contributed by atoms with E-state index < -0.39 is 23.9 Å². The van der Waals surface area contributed by atoms with Gasteiger partial charge in [-0.25, -0.2) is 0 Å². The number of hydrogen-bond donors (Lipinski definition) is 0. The van der Waals surface area contributed by atoms with E-state index in [1.807, 2.05) is 0 Å². The van der Waals surface area contributed by atoms with Crippen molar-refractivity contribution in [1.82, 2.24) is 4.98 Å². The van der Waals surface area contributed by atoms with Gasteiger partial charge in [0.1, 0.15) is 5.75 Å². The van der Waals surface area contributed by atoms with Crippen LogP contribution in [0.15, 0.2) is 36.5 Å². The summed E-state index contributed by atoms with van der Waals surface area (Å²) in [6.45, 7) is 0. The zero-order valence-electron chi connectivity index (χ0n) is 11.7. The molecule has 0 aliphatic heterocycles. The highest BCUT2D eigenvalue weighted by Crippen LogP contribution is 2.33. The smallest absolute Gasteiger partial charge is 0.406 e. The van der Waals surface area contributed by atoms with Crippen LogP contribution in [-0.2, 0) is 12.6 Å². The van der Waals surface area contributed by atoms with Crippen LogP contribution >= 0.6 is 0 Å². The van der Waals surface area contributed by atoms with Crippen molar-refractivity contribution in [1.29, 1.82) is 5.26 Å². The van der Waals surface area contributed by atoms with E-state index in [0.717, 1.165) is 18.2 Å². The van der Waals surface area contributed by atoms with Gasteiger partial charge >= 0.3 is 12.5 Å². The van der Waals surface area contributed by atoms with E-state index in [1.54, 1.807) is 6.07 Å². The Hall–Kier alpha value is -2.76. The molecule has 1 heterocycles. The number of benzene rings is 1. The minimum absolute atomic E-state index is 0.0165. The minimum Gasteiger partial charge on any atom is -0.406 e. The summed E-state index contributed by atoms with van der Waals surface area (Å²) in [5, 5.41) is 8.76. The van der Waals surface area contributed by atoms with Gasteiger partial charge in [0.15, 0.2) is 0 Å². The van der Waals surface area contributed by atoms with Crippen molar-refractivity contribution in [2.75, 3.05) is 0 Å². The normalized spacial score (nSPS) is 11.9. The molecule has 0 saturated carbocycles. The Morgan fingerprint density at radius 1 is 1.08 bits per heavy atom. The number of hydrogen-bond acceptors (Lipinski definition) is 3. The first-order valence-electron chi connectivity index (χ1n) is 6.39. The highest BCUT2D eigenvalue weighted by atomic mass is 19.4. The van der Waals surface area contributed by atoms with Crippen molar-refractivity contribution in [3.63, 3.8) is 0 Å². The lowest BCUT2D eigenvalue weighted by Gasteiger charge is -2.13. The predicted octanol–water partition coefficient (Wildman–Crippen LogP) is 4.73. The van der Waals surface area contributed by atoms with Crippen LogP contribution in [0.1, 0.15) is 11.1 Å². The molecule has 126 valence electrons. The zero-order valence-corrected chi connectivity index (χ0v) is 11.7. The molecule has 3 nitrogen and oxygen atoms in total. The highest BCUT2D eigenvalue weighted by Gasteiger charge is 2.32. The van der Waals surface area contributed by atoms with Crippen LogP contribution in [0, 0.1) is 11.3 Å². The monoisotopic (exact) mass is 346 g/mol. The van der Waals surface area contributed by atoms with E-state index in [1.165, 1.54) is 12.1 Å². The Kier molecular flexibility index (Phi) is 4.68. The lowest BCUT2D eigenvalue weighted by Crippen LogP contribution is -2.17. The molecule has 1 aromatic carbocycles. The fourth-order valence-electron chi connectivity index (χ4n) is 1.99. The van der Waals surface area contributed by atoms with Crippen molar-refractivity contribution in [3.8, 4) is 23.1 Å². The van der Waals surface area contributed by atoms with Crippen molar-refractivity contribution >= 4 is 0 Å². The molecular weight excluding hydrogens is 338 g/mol. The molecule has 0 aliphatic rings. The SMILES string of the molecule is N#CCc1cc(C(F)(F)F)cnc1-c1cccc(OC(F)(F)F)c1. The highest BCUT2D eigenvalue weighted by molar-refractivity contribution is 5.65. The Morgan fingerprint density at radius 3 is 2.38 bits per heavy atom. The number of nitrogens with zero attached hydrogens (tertiary/aromatic N) is 2. The van der Waals surface area contributed by atoms with Crippen LogP contribution in [0.3, 0.4) is 0 Å². The van der Waals surface area contributed by atoms with Gasteiger partial charge in [0, 0.05) is 11.8 Å². The average molecular weight is 346 g/mol. The molecule has 0 atom stereocenters. The molecule has 0 radical (unpaired) electrons. The molecule has 0 N–H and O–H groups in total. The van der Waals surface area contributed by atoms with Gasteiger partial charge in [0.2, 0.25) is 0 Å². The molecule has 0 saturated heterocycles. The first-order chi connectivity index (χ1) is 11.1. The van der Waals surface area contributed by atoms with Crippen molar-refractivity contribution < 1.29 is 31.1 Å². The van der Waals surface area contributed by atoms with Crippen LogP contribution in [0.5, 0.6) is 5.75 Å².